The lowest BCUT2D eigenvalue weighted by Crippen LogP contribution is -2.44. The first-order valence-electron chi connectivity index (χ1n) is 6.00. The Morgan fingerprint density at radius 3 is 3.00 bits per heavy atom. The highest BCUT2D eigenvalue weighted by Gasteiger charge is 2.33. The van der Waals surface area contributed by atoms with Gasteiger partial charge in [-0.1, -0.05) is 13.0 Å². The Hall–Kier alpha value is -0.500. The summed E-state index contributed by atoms with van der Waals surface area (Å²) in [6.45, 7) is 4.23. The minimum Gasteiger partial charge on any atom is -0.297 e. The predicted octanol–water partition coefficient (Wildman–Crippen LogP) is 3.65. The Morgan fingerprint density at radius 2 is 2.47 bits per heavy atom. The van der Waals surface area contributed by atoms with Crippen molar-refractivity contribution in [2.45, 2.75) is 54.1 Å². The second kappa shape index (κ2) is 5.43. The van der Waals surface area contributed by atoms with Gasteiger partial charge in [0.25, 0.3) is 0 Å². The zero-order valence-electron chi connectivity index (χ0n) is 10.3. The fraction of sp³-hybridized carbons (Fsp3) is 0.615. The van der Waals surface area contributed by atoms with Crippen molar-refractivity contribution < 1.29 is 0 Å². The zero-order chi connectivity index (χ0) is 12.3. The molecule has 92 valence electrons. The largest absolute Gasteiger partial charge is 0.297 e. The molecule has 2 rings (SSSR count). The molecule has 1 saturated carbocycles. The first-order chi connectivity index (χ1) is 8.11. The summed E-state index contributed by atoms with van der Waals surface area (Å²) in [4.78, 5) is 0. The lowest BCUT2D eigenvalue weighted by Gasteiger charge is -2.26. The number of nitrogens with zero attached hydrogens (tertiary/aromatic N) is 1. The molecule has 2 atom stereocenters. The normalized spacial score (nSPS) is 20.5. The number of nitrogens with one attached hydrogen (secondary N) is 1. The fourth-order valence-corrected chi connectivity index (χ4v) is 4.26. The van der Waals surface area contributed by atoms with Gasteiger partial charge in [-0.25, -0.2) is 0 Å². The molecule has 1 fully saturated rings. The second-order valence-corrected chi connectivity index (χ2v) is 7.61. The molecule has 4 heteroatoms. The smallest absolute Gasteiger partial charge is 0.105 e. The van der Waals surface area contributed by atoms with Crippen LogP contribution in [0.2, 0.25) is 0 Å². The maximum Gasteiger partial charge on any atom is 0.105 e. The molecule has 1 N–H and O–H groups in total. The number of thiophene rings is 1. The average Bonchev–Trinajstić information content (AvgIpc) is 2.92. The highest BCUT2D eigenvalue weighted by atomic mass is 32.2. The highest BCUT2D eigenvalue weighted by molar-refractivity contribution is 8.01. The van der Waals surface area contributed by atoms with Crippen molar-refractivity contribution in [3.63, 3.8) is 0 Å². The van der Waals surface area contributed by atoms with Crippen LogP contribution in [0.4, 0.5) is 0 Å². The summed E-state index contributed by atoms with van der Waals surface area (Å²) < 4.78 is 1.34. The van der Waals surface area contributed by atoms with E-state index in [4.69, 9.17) is 0 Å². The minimum absolute atomic E-state index is 0.370. The third-order valence-electron chi connectivity index (χ3n) is 2.85. The van der Waals surface area contributed by atoms with Crippen LogP contribution in [0, 0.1) is 11.3 Å². The van der Waals surface area contributed by atoms with Gasteiger partial charge < -0.3 is 0 Å². The Kier molecular flexibility index (Phi) is 4.13. The molecule has 1 aliphatic carbocycles. The summed E-state index contributed by atoms with van der Waals surface area (Å²) in [5.74, 6) is 0. The molecule has 2 nitrogen and oxygen atoms in total. The summed E-state index contributed by atoms with van der Waals surface area (Å²) in [5, 5.41) is 15.3. The van der Waals surface area contributed by atoms with E-state index in [0.29, 0.717) is 11.3 Å². The van der Waals surface area contributed by atoms with Crippen molar-refractivity contribution in [2.75, 3.05) is 0 Å². The molecule has 1 heterocycles. The standard InChI is InChI=1S/C13H18N2S2/c1-10(17-12-4-3-7-16-12)8-13(2,9-14)15-11-5-6-11/h3-4,7,10-11,15H,5-6,8H2,1-2H3. The Balaban J connectivity index is 1.86. The third-order valence-corrected chi connectivity index (χ3v) is 5.03. The number of nitriles is 1. The van der Waals surface area contributed by atoms with Crippen molar-refractivity contribution in [3.8, 4) is 6.07 Å². The lowest BCUT2D eigenvalue weighted by molar-refractivity contribution is 0.415. The van der Waals surface area contributed by atoms with Crippen LogP contribution in [-0.2, 0) is 0 Å². The van der Waals surface area contributed by atoms with E-state index in [1.54, 1.807) is 11.3 Å². The fourth-order valence-electron chi connectivity index (χ4n) is 1.96. The van der Waals surface area contributed by atoms with Gasteiger partial charge in [0.2, 0.25) is 0 Å². The first kappa shape index (κ1) is 12.9. The van der Waals surface area contributed by atoms with E-state index in [0.717, 1.165) is 6.42 Å². The Labute approximate surface area is 111 Å². The van der Waals surface area contributed by atoms with Crippen LogP contribution < -0.4 is 5.32 Å². The predicted molar refractivity (Wildman–Crippen MR) is 74.4 cm³/mol. The molecule has 0 aliphatic heterocycles. The number of hydrogen-bond donors (Lipinski definition) is 1. The van der Waals surface area contributed by atoms with Gasteiger partial charge in [-0.05, 0) is 37.6 Å². The SMILES string of the molecule is CC(CC(C)(C#N)NC1CC1)Sc1cccs1. The molecule has 1 aliphatic rings. The Morgan fingerprint density at radius 1 is 1.71 bits per heavy atom. The van der Waals surface area contributed by atoms with E-state index in [1.165, 1.54) is 17.1 Å². The molecule has 0 amide bonds. The van der Waals surface area contributed by atoms with E-state index in [1.807, 2.05) is 18.7 Å². The van der Waals surface area contributed by atoms with Gasteiger partial charge in [-0.15, -0.1) is 23.1 Å². The minimum atomic E-state index is -0.370. The third kappa shape index (κ3) is 4.02. The van der Waals surface area contributed by atoms with Crippen molar-refractivity contribution in [3.05, 3.63) is 17.5 Å². The lowest BCUT2D eigenvalue weighted by atomic mass is 9.98. The summed E-state index contributed by atoms with van der Waals surface area (Å²) >= 11 is 3.64. The summed E-state index contributed by atoms with van der Waals surface area (Å²) in [6.07, 6.45) is 3.34. The van der Waals surface area contributed by atoms with Crippen molar-refractivity contribution in [1.82, 2.24) is 5.32 Å². The molecule has 0 aromatic carbocycles. The van der Waals surface area contributed by atoms with Crippen molar-refractivity contribution in [1.29, 1.82) is 5.26 Å². The van der Waals surface area contributed by atoms with Crippen molar-refractivity contribution >= 4 is 23.1 Å². The molecule has 0 spiro atoms. The summed E-state index contributed by atoms with van der Waals surface area (Å²) in [7, 11) is 0. The van der Waals surface area contributed by atoms with Gasteiger partial charge in [0.15, 0.2) is 0 Å². The quantitative estimate of drug-likeness (QED) is 0.798. The van der Waals surface area contributed by atoms with E-state index in [-0.39, 0.29) is 5.54 Å². The van der Waals surface area contributed by atoms with Crippen LogP contribution in [0.5, 0.6) is 0 Å². The summed E-state index contributed by atoms with van der Waals surface area (Å²) in [5.41, 5.74) is -0.370. The van der Waals surface area contributed by atoms with E-state index in [9.17, 15) is 5.26 Å². The average molecular weight is 266 g/mol. The molecule has 17 heavy (non-hydrogen) atoms. The van der Waals surface area contributed by atoms with E-state index >= 15 is 0 Å². The van der Waals surface area contributed by atoms with Crippen molar-refractivity contribution in [2.24, 2.45) is 0 Å². The first-order valence-corrected chi connectivity index (χ1v) is 7.76. The van der Waals surface area contributed by atoms with E-state index in [2.05, 4.69) is 35.8 Å². The van der Waals surface area contributed by atoms with Crippen LogP contribution in [0.1, 0.15) is 33.1 Å². The summed E-state index contributed by atoms with van der Waals surface area (Å²) in [6, 6.07) is 7.24. The maximum absolute atomic E-state index is 9.32. The van der Waals surface area contributed by atoms with Crippen LogP contribution in [0.15, 0.2) is 21.7 Å². The zero-order valence-corrected chi connectivity index (χ0v) is 11.9. The highest BCUT2D eigenvalue weighted by Crippen LogP contribution is 2.33. The molecular weight excluding hydrogens is 248 g/mol. The monoisotopic (exact) mass is 266 g/mol. The topological polar surface area (TPSA) is 35.8 Å². The molecular formula is C13H18N2S2. The molecule has 1 aromatic heterocycles. The molecule has 0 radical (unpaired) electrons. The van der Waals surface area contributed by atoms with Gasteiger partial charge in [0.1, 0.15) is 5.54 Å². The molecule has 0 bridgehead atoms. The van der Waals surface area contributed by atoms with Crippen LogP contribution in [0.25, 0.3) is 0 Å². The Bertz CT molecular complexity index is 392. The van der Waals surface area contributed by atoms with Gasteiger partial charge in [0.05, 0.1) is 10.3 Å². The number of rotatable bonds is 6. The number of thioether (sulfide) groups is 1. The second-order valence-electron chi connectivity index (χ2n) is 4.93. The molecule has 0 saturated heterocycles. The maximum atomic E-state index is 9.32. The number of hydrogen-bond acceptors (Lipinski definition) is 4. The van der Waals surface area contributed by atoms with Gasteiger partial charge in [-0.2, -0.15) is 5.26 Å². The van der Waals surface area contributed by atoms with Gasteiger partial charge in [0, 0.05) is 11.3 Å². The van der Waals surface area contributed by atoms with Crippen LogP contribution >= 0.6 is 23.1 Å². The molecule has 1 aromatic rings. The van der Waals surface area contributed by atoms with E-state index < -0.39 is 0 Å². The molecule has 2 unspecified atom stereocenters. The van der Waals surface area contributed by atoms with Crippen LogP contribution in [-0.4, -0.2) is 16.8 Å². The van der Waals surface area contributed by atoms with Gasteiger partial charge in [-0.3, -0.25) is 5.32 Å². The van der Waals surface area contributed by atoms with Crippen LogP contribution in [0.3, 0.4) is 0 Å². The van der Waals surface area contributed by atoms with Gasteiger partial charge >= 0.3 is 0 Å².